The summed E-state index contributed by atoms with van der Waals surface area (Å²) in [5.74, 6) is 0. The molecule has 8 aromatic carbocycles. The lowest BCUT2D eigenvalue weighted by atomic mass is 9.93. The van der Waals surface area contributed by atoms with Crippen LogP contribution >= 0.6 is 0 Å². The van der Waals surface area contributed by atoms with Crippen LogP contribution in [0.15, 0.2) is 194 Å². The number of para-hydroxylation sites is 4. The molecule has 0 atom stereocenters. The number of benzene rings is 8. The van der Waals surface area contributed by atoms with Gasteiger partial charge in [-0.1, -0.05) is 146 Å². The molecule has 0 aliphatic heterocycles. The van der Waals surface area contributed by atoms with Gasteiger partial charge in [-0.3, -0.25) is 0 Å². The van der Waals surface area contributed by atoms with Crippen molar-refractivity contribution in [2.75, 3.05) is 0 Å². The Bertz CT molecular complexity index is 2890. The third-order valence-corrected chi connectivity index (χ3v) is 10.9. The molecule has 0 amide bonds. The number of rotatable bonds is 6. The summed E-state index contributed by atoms with van der Waals surface area (Å²) < 4.78 is 4.61. The molecule has 0 unspecified atom stereocenters. The molecular weight excluding hydrogens is 681 g/mol. The van der Waals surface area contributed by atoms with Gasteiger partial charge in [0, 0.05) is 32.9 Å². The van der Waals surface area contributed by atoms with E-state index in [0.717, 1.165) is 33.6 Å². The normalized spacial score (nSPS) is 11.8. The first-order chi connectivity index (χ1) is 27.7. The molecule has 260 valence electrons. The predicted octanol–water partition coefficient (Wildman–Crippen LogP) is 13.2. The summed E-state index contributed by atoms with van der Waals surface area (Å²) in [5, 5.41) is 25.6. The lowest BCUT2D eigenvalue weighted by molar-refractivity contribution is 1.18. The van der Waals surface area contributed by atoms with Crippen LogP contribution in [0.1, 0.15) is 11.1 Å². The molecule has 10 rings (SSSR count). The summed E-state index contributed by atoms with van der Waals surface area (Å²) in [6.07, 6.45) is 0. The van der Waals surface area contributed by atoms with E-state index in [-0.39, 0.29) is 0 Å². The van der Waals surface area contributed by atoms with Crippen molar-refractivity contribution in [2.45, 2.75) is 0 Å². The lowest BCUT2D eigenvalue weighted by Crippen LogP contribution is -1.94. The van der Waals surface area contributed by atoms with Crippen LogP contribution in [0.5, 0.6) is 0 Å². The fraction of sp³-hybridized carbons (Fsp3) is 0. The maximum Gasteiger partial charge on any atom is 0.101 e. The highest BCUT2D eigenvalue weighted by Gasteiger charge is 2.15. The van der Waals surface area contributed by atoms with Gasteiger partial charge in [-0.2, -0.15) is 10.5 Å². The summed E-state index contributed by atoms with van der Waals surface area (Å²) >= 11 is 0. The summed E-state index contributed by atoms with van der Waals surface area (Å²) in [6, 6.07) is 71.6. The van der Waals surface area contributed by atoms with Gasteiger partial charge in [0.25, 0.3) is 0 Å². The van der Waals surface area contributed by atoms with Crippen LogP contribution in [0.2, 0.25) is 0 Å². The van der Waals surface area contributed by atoms with E-state index in [1.165, 1.54) is 43.6 Å². The molecule has 2 aromatic heterocycles. The molecule has 2 heterocycles. The Kier molecular flexibility index (Phi) is 7.88. The topological polar surface area (TPSA) is 57.4 Å². The lowest BCUT2D eigenvalue weighted by Gasteiger charge is -2.11. The van der Waals surface area contributed by atoms with Gasteiger partial charge in [0.2, 0.25) is 0 Å². The van der Waals surface area contributed by atoms with E-state index in [1.807, 2.05) is 48.5 Å². The second-order valence-corrected chi connectivity index (χ2v) is 14.0. The van der Waals surface area contributed by atoms with Gasteiger partial charge in [0.1, 0.15) is 12.1 Å². The summed E-state index contributed by atoms with van der Waals surface area (Å²) in [7, 11) is 0. The van der Waals surface area contributed by atoms with Crippen LogP contribution in [0.3, 0.4) is 0 Å². The standard InChI is InChI=1S/C52H32N4/c53-33-47(39-21-17-35(18-22-39)37-25-29-41(30-26-37)55-49-13-5-1-9-43(49)44-10-2-6-14-50(44)55)48(34-54)40-23-19-36(20-24-40)38-27-31-42(32-28-38)56-51-15-7-3-11-45(51)46-12-4-8-16-52(46)56/h1-32H/b48-47+. The minimum Gasteiger partial charge on any atom is -0.309 e. The van der Waals surface area contributed by atoms with E-state index in [2.05, 4.69) is 167 Å². The molecule has 0 fully saturated rings. The SMILES string of the molecule is N#C/C(=C(/C#N)c1ccc(-c2ccc(-n3c4ccccc4c4ccccc43)cc2)cc1)c1ccc(-c2ccc(-n3c4ccccc4c4ccccc43)cc2)cc1. The van der Waals surface area contributed by atoms with Crippen molar-refractivity contribution in [2.24, 2.45) is 0 Å². The molecule has 0 aliphatic carbocycles. The van der Waals surface area contributed by atoms with Crippen molar-refractivity contribution in [3.8, 4) is 45.8 Å². The van der Waals surface area contributed by atoms with Crippen molar-refractivity contribution < 1.29 is 0 Å². The van der Waals surface area contributed by atoms with E-state index in [4.69, 9.17) is 0 Å². The van der Waals surface area contributed by atoms with E-state index < -0.39 is 0 Å². The number of aromatic nitrogens is 2. The molecule has 0 aliphatic rings. The Labute approximate surface area is 324 Å². The monoisotopic (exact) mass is 712 g/mol. The van der Waals surface area contributed by atoms with E-state index in [0.29, 0.717) is 22.3 Å². The Morgan fingerprint density at radius 1 is 0.304 bits per heavy atom. The van der Waals surface area contributed by atoms with Crippen molar-refractivity contribution in [1.82, 2.24) is 9.13 Å². The molecule has 10 aromatic rings. The Hall–Kier alpha value is -7.92. The van der Waals surface area contributed by atoms with Crippen LogP contribution < -0.4 is 0 Å². The Morgan fingerprint density at radius 3 is 0.821 bits per heavy atom. The number of hydrogen-bond acceptors (Lipinski definition) is 2. The van der Waals surface area contributed by atoms with E-state index in [9.17, 15) is 10.5 Å². The third-order valence-electron chi connectivity index (χ3n) is 10.9. The zero-order chi connectivity index (χ0) is 37.6. The predicted molar refractivity (Wildman–Crippen MR) is 230 cm³/mol. The average Bonchev–Trinajstić information content (AvgIpc) is 3.79. The average molecular weight is 713 g/mol. The van der Waals surface area contributed by atoms with E-state index >= 15 is 0 Å². The van der Waals surface area contributed by atoms with Gasteiger partial charge in [-0.15, -0.1) is 0 Å². The highest BCUT2D eigenvalue weighted by Crippen LogP contribution is 2.35. The maximum atomic E-state index is 10.3. The highest BCUT2D eigenvalue weighted by molar-refractivity contribution is 6.10. The Morgan fingerprint density at radius 2 is 0.554 bits per heavy atom. The van der Waals surface area contributed by atoms with Crippen LogP contribution in [0.4, 0.5) is 0 Å². The minimum absolute atomic E-state index is 0.351. The number of allylic oxidation sites excluding steroid dienone is 2. The van der Waals surface area contributed by atoms with Crippen molar-refractivity contribution in [3.05, 3.63) is 205 Å². The minimum atomic E-state index is 0.351. The van der Waals surface area contributed by atoms with Gasteiger partial charge in [-0.25, -0.2) is 0 Å². The van der Waals surface area contributed by atoms with Crippen LogP contribution in [0.25, 0.3) is 88.4 Å². The first kappa shape index (κ1) is 32.7. The second-order valence-electron chi connectivity index (χ2n) is 14.0. The van der Waals surface area contributed by atoms with Gasteiger partial charge in [0.05, 0.1) is 33.2 Å². The molecular formula is C52H32N4. The molecule has 0 saturated carbocycles. The van der Waals surface area contributed by atoms with Crippen molar-refractivity contribution >= 4 is 54.8 Å². The van der Waals surface area contributed by atoms with Gasteiger partial charge in [0.15, 0.2) is 0 Å². The highest BCUT2D eigenvalue weighted by atomic mass is 15.0. The van der Waals surface area contributed by atoms with Crippen molar-refractivity contribution in [3.63, 3.8) is 0 Å². The zero-order valence-corrected chi connectivity index (χ0v) is 30.3. The quantitative estimate of drug-likeness (QED) is 0.127. The van der Waals surface area contributed by atoms with Crippen LogP contribution in [-0.4, -0.2) is 9.13 Å². The molecule has 0 spiro atoms. The molecule has 0 saturated heterocycles. The fourth-order valence-corrected chi connectivity index (χ4v) is 8.20. The second kappa shape index (κ2) is 13.5. The largest absolute Gasteiger partial charge is 0.309 e. The first-order valence-electron chi connectivity index (χ1n) is 18.6. The van der Waals surface area contributed by atoms with Gasteiger partial charge < -0.3 is 9.13 Å². The van der Waals surface area contributed by atoms with Crippen LogP contribution in [-0.2, 0) is 0 Å². The molecule has 4 heteroatoms. The summed E-state index contributed by atoms with van der Waals surface area (Å²) in [4.78, 5) is 0. The summed E-state index contributed by atoms with van der Waals surface area (Å²) in [5.41, 5.74) is 13.2. The number of hydrogen-bond donors (Lipinski definition) is 0. The molecule has 0 N–H and O–H groups in total. The molecule has 4 nitrogen and oxygen atoms in total. The smallest absolute Gasteiger partial charge is 0.101 e. The number of nitrogens with zero attached hydrogens (tertiary/aromatic N) is 4. The van der Waals surface area contributed by atoms with Gasteiger partial charge >= 0.3 is 0 Å². The van der Waals surface area contributed by atoms with E-state index in [1.54, 1.807) is 0 Å². The van der Waals surface area contributed by atoms with Crippen molar-refractivity contribution in [1.29, 1.82) is 10.5 Å². The van der Waals surface area contributed by atoms with Gasteiger partial charge in [-0.05, 0) is 81.9 Å². The fourth-order valence-electron chi connectivity index (χ4n) is 8.20. The maximum absolute atomic E-state index is 10.3. The first-order valence-corrected chi connectivity index (χ1v) is 18.6. The number of nitriles is 2. The third kappa shape index (κ3) is 5.37. The summed E-state index contributed by atoms with van der Waals surface area (Å²) in [6.45, 7) is 0. The molecule has 56 heavy (non-hydrogen) atoms. The van der Waals surface area contributed by atoms with Crippen LogP contribution in [0, 0.1) is 22.7 Å². The zero-order valence-electron chi connectivity index (χ0n) is 30.3. The molecule has 0 bridgehead atoms. The Balaban J connectivity index is 0.910. The number of fused-ring (bicyclic) bond motifs is 6. The molecule has 0 radical (unpaired) electrons.